The molecular weight excluding hydrogens is 288 g/mol. The van der Waals surface area contributed by atoms with Crippen LogP contribution in [0.4, 0.5) is 11.4 Å². The molecule has 0 saturated carbocycles. The van der Waals surface area contributed by atoms with Crippen LogP contribution in [-0.4, -0.2) is 12.2 Å². The molecular formula is C16H11ClN2O2. The lowest BCUT2D eigenvalue weighted by Gasteiger charge is -2.06. The molecule has 4 nitrogen and oxygen atoms in total. The normalized spacial score (nSPS) is 9.57. The maximum Gasteiger partial charge on any atom is 0.240 e. The number of nitrogens with zero attached hydrogens (tertiary/aromatic N) is 2. The van der Waals surface area contributed by atoms with Gasteiger partial charge in [-0.05, 0) is 48.2 Å². The minimum absolute atomic E-state index is 0.411. The second-order valence-corrected chi connectivity index (χ2v) is 4.78. The summed E-state index contributed by atoms with van der Waals surface area (Å²) in [5.74, 6) is 0. The number of aryl methyl sites for hydroxylation is 2. The Balaban J connectivity index is 2.20. The molecule has 104 valence electrons. The van der Waals surface area contributed by atoms with Crippen LogP contribution in [0.3, 0.4) is 0 Å². The zero-order chi connectivity index (χ0) is 15.1. The molecule has 0 aliphatic heterocycles. The molecule has 2 rings (SSSR count). The van der Waals surface area contributed by atoms with Gasteiger partial charge < -0.3 is 0 Å². The molecule has 0 spiro atoms. The van der Waals surface area contributed by atoms with Crippen molar-refractivity contribution >= 4 is 35.1 Å². The number of halogens is 1. The number of hydrogen-bond acceptors (Lipinski definition) is 4. The number of rotatable bonds is 5. The lowest BCUT2D eigenvalue weighted by atomic mass is 10.0. The molecule has 0 fully saturated rings. The van der Waals surface area contributed by atoms with Gasteiger partial charge in [0.25, 0.3) is 0 Å². The summed E-state index contributed by atoms with van der Waals surface area (Å²) < 4.78 is 0. The molecule has 0 aliphatic carbocycles. The first-order valence-electron chi connectivity index (χ1n) is 6.26. The third kappa shape index (κ3) is 4.23. The summed E-state index contributed by atoms with van der Waals surface area (Å²) in [7, 11) is 0. The Bertz CT molecular complexity index is 728. The highest BCUT2D eigenvalue weighted by atomic mass is 35.5. The van der Waals surface area contributed by atoms with E-state index in [0.717, 1.165) is 17.5 Å². The number of carbonyl (C=O) groups excluding carboxylic acids is 2. The minimum atomic E-state index is 0.411. The molecule has 21 heavy (non-hydrogen) atoms. The van der Waals surface area contributed by atoms with Crippen molar-refractivity contribution in [3.8, 4) is 0 Å². The molecule has 2 aromatic rings. The van der Waals surface area contributed by atoms with Crippen molar-refractivity contribution in [3.63, 3.8) is 0 Å². The topological polar surface area (TPSA) is 58.9 Å². The standard InChI is InChI=1S/C16H11ClN2O2/c17-14-6-2-12(3-7-14)1-4-13-5-8-15(18-10-20)9-16(13)19-11-21/h2-3,5-9H,1,4H2. The number of isocyanates is 2. The summed E-state index contributed by atoms with van der Waals surface area (Å²) in [6, 6.07) is 12.6. The van der Waals surface area contributed by atoms with Gasteiger partial charge in [0.1, 0.15) is 0 Å². The van der Waals surface area contributed by atoms with Gasteiger partial charge in [-0.3, -0.25) is 0 Å². The van der Waals surface area contributed by atoms with Crippen molar-refractivity contribution in [1.29, 1.82) is 0 Å². The van der Waals surface area contributed by atoms with E-state index in [-0.39, 0.29) is 0 Å². The van der Waals surface area contributed by atoms with Crippen molar-refractivity contribution in [3.05, 3.63) is 58.6 Å². The zero-order valence-corrected chi connectivity index (χ0v) is 11.8. The van der Waals surface area contributed by atoms with Crippen LogP contribution in [0, 0.1) is 0 Å². The van der Waals surface area contributed by atoms with Crippen molar-refractivity contribution in [2.24, 2.45) is 9.98 Å². The Kier molecular flexibility index (Phi) is 5.19. The molecule has 0 heterocycles. The van der Waals surface area contributed by atoms with E-state index in [1.54, 1.807) is 18.2 Å². The van der Waals surface area contributed by atoms with E-state index in [4.69, 9.17) is 11.6 Å². The number of benzene rings is 2. The molecule has 0 amide bonds. The Labute approximate surface area is 126 Å². The van der Waals surface area contributed by atoms with Gasteiger partial charge >= 0.3 is 0 Å². The third-order valence-electron chi connectivity index (χ3n) is 3.01. The summed E-state index contributed by atoms with van der Waals surface area (Å²) in [6.07, 6.45) is 4.46. The fourth-order valence-electron chi connectivity index (χ4n) is 1.97. The molecule has 0 aliphatic rings. The largest absolute Gasteiger partial charge is 0.240 e. The highest BCUT2D eigenvalue weighted by Gasteiger charge is 2.04. The predicted molar refractivity (Wildman–Crippen MR) is 80.9 cm³/mol. The molecule has 0 N–H and O–H groups in total. The quantitative estimate of drug-likeness (QED) is 0.617. The molecule has 0 aromatic heterocycles. The number of aliphatic imine (C=N–C) groups is 2. The monoisotopic (exact) mass is 298 g/mol. The molecule has 0 atom stereocenters. The lowest BCUT2D eigenvalue weighted by molar-refractivity contribution is 0.564. The van der Waals surface area contributed by atoms with E-state index < -0.39 is 0 Å². The average molecular weight is 299 g/mol. The zero-order valence-electron chi connectivity index (χ0n) is 11.0. The maximum absolute atomic E-state index is 10.5. The van der Waals surface area contributed by atoms with E-state index in [1.165, 1.54) is 12.2 Å². The summed E-state index contributed by atoms with van der Waals surface area (Å²) in [5, 5.41) is 0.695. The van der Waals surface area contributed by atoms with Crippen molar-refractivity contribution in [2.75, 3.05) is 0 Å². The molecule has 0 unspecified atom stereocenters. The van der Waals surface area contributed by atoms with Gasteiger partial charge in [0.15, 0.2) is 0 Å². The van der Waals surface area contributed by atoms with Crippen molar-refractivity contribution in [1.82, 2.24) is 0 Å². The predicted octanol–water partition coefficient (Wildman–Crippen LogP) is 4.06. The average Bonchev–Trinajstić information content (AvgIpc) is 2.49. The first kappa shape index (κ1) is 14.9. The second-order valence-electron chi connectivity index (χ2n) is 4.35. The van der Waals surface area contributed by atoms with E-state index in [1.807, 2.05) is 24.3 Å². The van der Waals surface area contributed by atoms with Gasteiger partial charge in [0.2, 0.25) is 12.2 Å². The second kappa shape index (κ2) is 7.32. The van der Waals surface area contributed by atoms with Crippen LogP contribution in [-0.2, 0) is 22.4 Å². The van der Waals surface area contributed by atoms with E-state index >= 15 is 0 Å². The summed E-state index contributed by atoms with van der Waals surface area (Å²) in [6.45, 7) is 0. The van der Waals surface area contributed by atoms with Gasteiger partial charge in [-0.2, -0.15) is 9.98 Å². The van der Waals surface area contributed by atoms with Crippen LogP contribution >= 0.6 is 11.6 Å². The molecule has 5 heteroatoms. The molecule has 2 aromatic carbocycles. The highest BCUT2D eigenvalue weighted by Crippen LogP contribution is 2.26. The van der Waals surface area contributed by atoms with Crippen LogP contribution in [0.2, 0.25) is 5.02 Å². The van der Waals surface area contributed by atoms with E-state index in [0.29, 0.717) is 22.8 Å². The Morgan fingerprint density at radius 1 is 0.905 bits per heavy atom. The Morgan fingerprint density at radius 3 is 2.29 bits per heavy atom. The van der Waals surface area contributed by atoms with Crippen molar-refractivity contribution in [2.45, 2.75) is 12.8 Å². The van der Waals surface area contributed by atoms with Crippen molar-refractivity contribution < 1.29 is 9.59 Å². The summed E-state index contributed by atoms with van der Waals surface area (Å²) in [4.78, 5) is 27.9. The van der Waals surface area contributed by atoms with E-state index in [9.17, 15) is 9.59 Å². The van der Waals surface area contributed by atoms with Gasteiger partial charge in [0.05, 0.1) is 11.4 Å². The fraction of sp³-hybridized carbons (Fsp3) is 0.125. The first-order valence-corrected chi connectivity index (χ1v) is 6.64. The van der Waals surface area contributed by atoms with Gasteiger partial charge in [-0.1, -0.05) is 29.8 Å². The van der Waals surface area contributed by atoms with Gasteiger partial charge in [-0.25, -0.2) is 9.59 Å². The minimum Gasteiger partial charge on any atom is -0.211 e. The Hall–Kier alpha value is -2.51. The van der Waals surface area contributed by atoms with E-state index in [2.05, 4.69) is 9.98 Å². The SMILES string of the molecule is O=C=Nc1ccc(CCc2ccc(Cl)cc2)c(N=C=O)c1. The molecule has 0 bridgehead atoms. The highest BCUT2D eigenvalue weighted by molar-refractivity contribution is 6.30. The first-order chi connectivity index (χ1) is 10.2. The van der Waals surface area contributed by atoms with Crippen LogP contribution in [0.15, 0.2) is 52.4 Å². The smallest absolute Gasteiger partial charge is 0.211 e. The fourth-order valence-corrected chi connectivity index (χ4v) is 2.10. The Morgan fingerprint density at radius 2 is 1.62 bits per heavy atom. The van der Waals surface area contributed by atoms with Gasteiger partial charge in [-0.15, -0.1) is 0 Å². The molecule has 0 saturated heterocycles. The van der Waals surface area contributed by atoms with Gasteiger partial charge in [0, 0.05) is 5.02 Å². The van der Waals surface area contributed by atoms with Crippen LogP contribution in [0.5, 0.6) is 0 Å². The summed E-state index contributed by atoms with van der Waals surface area (Å²) >= 11 is 5.84. The van der Waals surface area contributed by atoms with Crippen LogP contribution in [0.25, 0.3) is 0 Å². The third-order valence-corrected chi connectivity index (χ3v) is 3.26. The number of hydrogen-bond donors (Lipinski definition) is 0. The lowest BCUT2D eigenvalue weighted by Crippen LogP contribution is -1.91. The maximum atomic E-state index is 10.5. The van der Waals surface area contributed by atoms with Crippen LogP contribution < -0.4 is 0 Å². The molecule has 0 radical (unpaired) electrons. The summed E-state index contributed by atoms with van der Waals surface area (Å²) in [5.41, 5.74) is 2.90. The van der Waals surface area contributed by atoms with Crippen LogP contribution in [0.1, 0.15) is 11.1 Å².